The molecule has 0 spiro atoms. The molecule has 5 heteroatoms. The summed E-state index contributed by atoms with van der Waals surface area (Å²) in [6.45, 7) is 4.98. The van der Waals surface area contributed by atoms with Crippen LogP contribution in [-0.2, 0) is 0 Å². The van der Waals surface area contributed by atoms with Crippen molar-refractivity contribution in [2.45, 2.75) is 32.4 Å². The second-order valence-corrected chi connectivity index (χ2v) is 5.62. The van der Waals surface area contributed by atoms with Gasteiger partial charge in [-0.1, -0.05) is 19.1 Å². The lowest BCUT2D eigenvalue weighted by atomic mass is 9.96. The monoisotopic (exact) mass is 277 g/mol. The average Bonchev–Trinajstić information content (AvgIpc) is 2.42. The van der Waals surface area contributed by atoms with E-state index in [2.05, 4.69) is 5.32 Å². The summed E-state index contributed by atoms with van der Waals surface area (Å²) in [5.74, 6) is 0.250. The number of piperidine rings is 1. The number of nitrogens with two attached hydrogens (primary N) is 1. The number of anilines is 1. The predicted molar refractivity (Wildman–Crippen MR) is 79.4 cm³/mol. The van der Waals surface area contributed by atoms with Gasteiger partial charge in [0.25, 0.3) is 0 Å². The van der Waals surface area contributed by atoms with Gasteiger partial charge in [0.15, 0.2) is 0 Å². The molecule has 110 valence electrons. The zero-order valence-corrected chi connectivity index (χ0v) is 12.0. The fourth-order valence-corrected chi connectivity index (χ4v) is 2.34. The fourth-order valence-electron chi connectivity index (χ4n) is 2.34. The first-order valence-electron chi connectivity index (χ1n) is 7.07. The molecule has 5 nitrogen and oxygen atoms in total. The van der Waals surface area contributed by atoms with Crippen molar-refractivity contribution >= 4 is 11.7 Å². The average molecular weight is 277 g/mol. The van der Waals surface area contributed by atoms with Crippen LogP contribution in [0.5, 0.6) is 0 Å². The number of aliphatic hydroxyl groups is 1. The van der Waals surface area contributed by atoms with Crippen LogP contribution in [0.3, 0.4) is 0 Å². The molecular weight excluding hydrogens is 254 g/mol. The molecule has 0 aromatic heterocycles. The highest BCUT2D eigenvalue weighted by atomic mass is 16.3. The summed E-state index contributed by atoms with van der Waals surface area (Å²) in [5.41, 5.74) is 7.55. The van der Waals surface area contributed by atoms with Gasteiger partial charge < -0.3 is 21.1 Å². The van der Waals surface area contributed by atoms with Crippen LogP contribution in [0.4, 0.5) is 10.5 Å². The normalized spacial score (nSPS) is 24.3. The molecule has 1 aromatic rings. The van der Waals surface area contributed by atoms with Crippen LogP contribution in [-0.4, -0.2) is 35.2 Å². The van der Waals surface area contributed by atoms with E-state index in [9.17, 15) is 9.90 Å². The Morgan fingerprint density at radius 2 is 2.30 bits per heavy atom. The Bertz CT molecular complexity index is 476. The molecule has 1 fully saturated rings. The number of β-amino-alcohol motifs (C(OH)–C–C–N with tert-alkyl or cyclic N) is 1. The second kappa shape index (κ2) is 6.24. The Labute approximate surface area is 119 Å². The fraction of sp³-hybridized carbons (Fsp3) is 0.533. The minimum Gasteiger partial charge on any atom is -0.391 e. The van der Waals surface area contributed by atoms with E-state index in [0.29, 0.717) is 13.1 Å². The maximum atomic E-state index is 12.2. The summed E-state index contributed by atoms with van der Waals surface area (Å²) >= 11 is 0. The molecule has 2 amide bonds. The molecule has 2 rings (SSSR count). The van der Waals surface area contributed by atoms with Crippen LogP contribution in [0.15, 0.2) is 24.3 Å². The summed E-state index contributed by atoms with van der Waals surface area (Å²) in [6, 6.07) is 7.30. The molecule has 0 bridgehead atoms. The molecule has 0 radical (unpaired) electrons. The number of urea groups is 1. The number of likely N-dealkylation sites (tertiary alicyclic amines) is 1. The van der Waals surface area contributed by atoms with Gasteiger partial charge in [-0.3, -0.25) is 0 Å². The number of amides is 2. The lowest BCUT2D eigenvalue weighted by molar-refractivity contribution is 0.0464. The molecule has 1 saturated heterocycles. The van der Waals surface area contributed by atoms with Gasteiger partial charge >= 0.3 is 6.03 Å². The Morgan fingerprint density at radius 3 is 2.95 bits per heavy atom. The topological polar surface area (TPSA) is 78.6 Å². The number of benzene rings is 1. The lowest BCUT2D eigenvalue weighted by Gasteiger charge is -2.34. The van der Waals surface area contributed by atoms with Gasteiger partial charge in [0.1, 0.15) is 0 Å². The van der Waals surface area contributed by atoms with Gasteiger partial charge in [-0.05, 0) is 37.0 Å². The first-order valence-corrected chi connectivity index (χ1v) is 7.07. The number of hydrogen-bond acceptors (Lipinski definition) is 3. The van der Waals surface area contributed by atoms with Gasteiger partial charge in [-0.2, -0.15) is 0 Å². The summed E-state index contributed by atoms with van der Waals surface area (Å²) in [4.78, 5) is 13.8. The minimum atomic E-state index is -0.440. The number of nitrogens with zero attached hydrogens (tertiary/aromatic N) is 1. The van der Waals surface area contributed by atoms with Crippen LogP contribution in [0.25, 0.3) is 0 Å². The number of rotatable bonds is 2. The van der Waals surface area contributed by atoms with E-state index in [0.717, 1.165) is 17.7 Å². The Hall–Kier alpha value is -1.59. The van der Waals surface area contributed by atoms with Crippen molar-refractivity contribution in [2.75, 3.05) is 18.4 Å². The van der Waals surface area contributed by atoms with Gasteiger partial charge in [0, 0.05) is 24.8 Å². The Morgan fingerprint density at radius 1 is 1.55 bits per heavy atom. The predicted octanol–water partition coefficient (Wildman–Crippen LogP) is 1.94. The van der Waals surface area contributed by atoms with Gasteiger partial charge in [-0.15, -0.1) is 0 Å². The standard InChI is InChI=1S/C15H23N3O2/c1-10-6-7-18(9-14(10)19)15(20)17-13-5-3-4-12(8-13)11(2)16/h3-5,8,10-11,14,19H,6-7,9,16H2,1-2H3,(H,17,20). The molecule has 1 heterocycles. The molecule has 0 aliphatic carbocycles. The van der Waals surface area contributed by atoms with E-state index in [4.69, 9.17) is 5.73 Å². The summed E-state index contributed by atoms with van der Waals surface area (Å²) in [7, 11) is 0. The lowest BCUT2D eigenvalue weighted by Crippen LogP contribution is -2.47. The molecule has 3 atom stereocenters. The summed E-state index contributed by atoms with van der Waals surface area (Å²) in [6.07, 6.45) is 0.388. The molecule has 1 aliphatic rings. The van der Waals surface area contributed by atoms with Crippen LogP contribution in [0, 0.1) is 5.92 Å². The van der Waals surface area contributed by atoms with E-state index in [1.807, 2.05) is 38.1 Å². The highest BCUT2D eigenvalue weighted by Gasteiger charge is 2.27. The first kappa shape index (κ1) is 14.8. The van der Waals surface area contributed by atoms with E-state index >= 15 is 0 Å². The van der Waals surface area contributed by atoms with Crippen molar-refractivity contribution in [1.29, 1.82) is 0 Å². The van der Waals surface area contributed by atoms with Crippen LogP contribution in [0.2, 0.25) is 0 Å². The first-order chi connectivity index (χ1) is 9.47. The van der Waals surface area contributed by atoms with E-state index in [1.165, 1.54) is 0 Å². The van der Waals surface area contributed by atoms with E-state index < -0.39 is 6.10 Å². The Balaban J connectivity index is 1.99. The third-order valence-electron chi connectivity index (χ3n) is 3.87. The number of hydrogen-bond donors (Lipinski definition) is 3. The second-order valence-electron chi connectivity index (χ2n) is 5.62. The molecule has 1 aliphatic heterocycles. The van der Waals surface area contributed by atoms with Crippen molar-refractivity contribution in [3.63, 3.8) is 0 Å². The highest BCUT2D eigenvalue weighted by Crippen LogP contribution is 2.19. The van der Waals surface area contributed by atoms with Gasteiger partial charge in [0.2, 0.25) is 0 Å². The molecule has 0 saturated carbocycles. The highest BCUT2D eigenvalue weighted by molar-refractivity contribution is 5.89. The summed E-state index contributed by atoms with van der Waals surface area (Å²) in [5, 5.41) is 12.7. The largest absolute Gasteiger partial charge is 0.391 e. The maximum Gasteiger partial charge on any atom is 0.321 e. The third-order valence-corrected chi connectivity index (χ3v) is 3.87. The minimum absolute atomic E-state index is 0.0653. The van der Waals surface area contributed by atoms with Crippen molar-refractivity contribution in [3.8, 4) is 0 Å². The van der Waals surface area contributed by atoms with Crippen LogP contribution in [0.1, 0.15) is 31.9 Å². The van der Waals surface area contributed by atoms with Gasteiger partial charge in [-0.25, -0.2) is 4.79 Å². The zero-order chi connectivity index (χ0) is 14.7. The summed E-state index contributed by atoms with van der Waals surface area (Å²) < 4.78 is 0. The molecule has 20 heavy (non-hydrogen) atoms. The quantitative estimate of drug-likeness (QED) is 0.773. The molecule has 1 aromatic carbocycles. The number of aliphatic hydroxyl groups excluding tert-OH is 1. The Kier molecular flexibility index (Phi) is 4.62. The van der Waals surface area contributed by atoms with E-state index in [-0.39, 0.29) is 18.0 Å². The van der Waals surface area contributed by atoms with Crippen LogP contribution < -0.4 is 11.1 Å². The van der Waals surface area contributed by atoms with Crippen molar-refractivity contribution in [2.24, 2.45) is 11.7 Å². The SMILES string of the molecule is CC(N)c1cccc(NC(=O)N2CCC(C)C(O)C2)c1. The number of nitrogens with one attached hydrogen (secondary N) is 1. The number of carbonyl (C=O) groups excluding carboxylic acids is 1. The van der Waals surface area contributed by atoms with Crippen molar-refractivity contribution in [3.05, 3.63) is 29.8 Å². The zero-order valence-electron chi connectivity index (χ0n) is 12.0. The van der Waals surface area contributed by atoms with Gasteiger partial charge in [0.05, 0.1) is 6.10 Å². The molecule has 4 N–H and O–H groups in total. The maximum absolute atomic E-state index is 12.2. The molecular formula is C15H23N3O2. The molecule has 3 unspecified atom stereocenters. The third kappa shape index (κ3) is 3.49. The van der Waals surface area contributed by atoms with Crippen molar-refractivity contribution in [1.82, 2.24) is 4.90 Å². The van der Waals surface area contributed by atoms with Crippen molar-refractivity contribution < 1.29 is 9.90 Å². The van der Waals surface area contributed by atoms with Crippen LogP contribution >= 0.6 is 0 Å². The van der Waals surface area contributed by atoms with E-state index in [1.54, 1.807) is 4.90 Å². The number of carbonyl (C=O) groups is 1. The smallest absolute Gasteiger partial charge is 0.321 e.